The van der Waals surface area contributed by atoms with E-state index in [1.807, 2.05) is 0 Å². The van der Waals surface area contributed by atoms with Crippen LogP contribution in [0.15, 0.2) is 42.0 Å². The zero-order valence-electron chi connectivity index (χ0n) is 13.3. The fraction of sp³-hybridized carbons (Fsp3) is 0.111. The van der Waals surface area contributed by atoms with Crippen molar-refractivity contribution in [2.75, 3.05) is 0 Å². The number of aliphatic carboxylic acids is 1. The summed E-state index contributed by atoms with van der Waals surface area (Å²) in [6, 6.07) is 9.84. The molecule has 0 aliphatic carbocycles. The minimum atomic E-state index is -4.90. The maximum absolute atomic E-state index is 13.3. The first-order valence-corrected chi connectivity index (χ1v) is 8.09. The van der Waals surface area contributed by atoms with E-state index in [2.05, 4.69) is 9.97 Å². The molecular weight excluding hydrogens is 385 g/mol. The molecule has 1 aliphatic heterocycles. The minimum absolute atomic E-state index is 0.134. The molecular formula is C18H10ClF3N2O3. The lowest BCUT2D eigenvalue weighted by molar-refractivity contribution is -0.187. The summed E-state index contributed by atoms with van der Waals surface area (Å²) in [5.41, 5.74) is 0.740. The summed E-state index contributed by atoms with van der Waals surface area (Å²) in [5, 5.41) is 9.36. The van der Waals surface area contributed by atoms with Crippen LogP contribution in [-0.2, 0) is 4.79 Å². The van der Waals surface area contributed by atoms with Gasteiger partial charge in [-0.25, -0.2) is 9.78 Å². The first-order valence-electron chi connectivity index (χ1n) is 7.71. The number of hydrogen-bond donors (Lipinski definition) is 2. The first-order chi connectivity index (χ1) is 12.7. The minimum Gasteiger partial charge on any atom is -0.478 e. The van der Waals surface area contributed by atoms with Crippen molar-refractivity contribution in [3.8, 4) is 17.1 Å². The van der Waals surface area contributed by atoms with Crippen LogP contribution in [0.4, 0.5) is 13.2 Å². The summed E-state index contributed by atoms with van der Waals surface area (Å²) in [7, 11) is 0. The number of rotatable bonds is 2. The number of para-hydroxylation sites is 2. The molecule has 0 saturated carbocycles. The van der Waals surface area contributed by atoms with E-state index < -0.39 is 23.8 Å². The van der Waals surface area contributed by atoms with Gasteiger partial charge >= 0.3 is 12.1 Å². The number of carbonyl (C=O) groups is 1. The van der Waals surface area contributed by atoms with E-state index in [4.69, 9.17) is 21.4 Å². The Bertz CT molecular complexity index is 1070. The van der Waals surface area contributed by atoms with Crippen molar-refractivity contribution in [2.45, 2.75) is 12.3 Å². The van der Waals surface area contributed by atoms with E-state index in [-0.39, 0.29) is 27.7 Å². The quantitative estimate of drug-likeness (QED) is 0.662. The number of imidazole rings is 1. The van der Waals surface area contributed by atoms with Crippen LogP contribution in [0.5, 0.6) is 5.75 Å². The van der Waals surface area contributed by atoms with Gasteiger partial charge in [-0.1, -0.05) is 23.7 Å². The lowest BCUT2D eigenvalue weighted by Gasteiger charge is -2.28. The maximum Gasteiger partial charge on any atom is 0.430 e. The van der Waals surface area contributed by atoms with Crippen LogP contribution in [0.1, 0.15) is 5.56 Å². The predicted molar refractivity (Wildman–Crippen MR) is 92.6 cm³/mol. The standard InChI is InChI=1S/C18H10ClF3N2O3/c19-9-5-8-6-11(17(25)26)15(18(20,21)22)27-14(8)10(7-9)16-23-12-3-1-2-4-13(12)24-16/h1-7,15H,(H,23,24)(H,25,26). The van der Waals surface area contributed by atoms with Gasteiger partial charge in [-0.2, -0.15) is 13.2 Å². The maximum atomic E-state index is 13.3. The number of ether oxygens (including phenoxy) is 1. The highest BCUT2D eigenvalue weighted by molar-refractivity contribution is 6.31. The molecule has 2 N–H and O–H groups in total. The lowest BCUT2D eigenvalue weighted by Crippen LogP contribution is -2.40. The molecule has 1 aliphatic rings. The lowest BCUT2D eigenvalue weighted by atomic mass is 9.98. The molecule has 4 rings (SSSR count). The number of fused-ring (bicyclic) bond motifs is 2. The van der Waals surface area contributed by atoms with Gasteiger partial charge in [-0.15, -0.1) is 0 Å². The molecule has 138 valence electrons. The summed E-state index contributed by atoms with van der Waals surface area (Å²) in [4.78, 5) is 18.6. The number of carboxylic acids is 1. The number of H-pyrrole nitrogens is 1. The highest BCUT2D eigenvalue weighted by Crippen LogP contribution is 2.43. The number of benzene rings is 2. The van der Waals surface area contributed by atoms with Crippen LogP contribution in [0.25, 0.3) is 28.5 Å². The molecule has 9 heteroatoms. The number of aromatic nitrogens is 2. The van der Waals surface area contributed by atoms with Crippen molar-refractivity contribution < 1.29 is 27.8 Å². The smallest absolute Gasteiger partial charge is 0.430 e. The number of hydrogen-bond acceptors (Lipinski definition) is 3. The van der Waals surface area contributed by atoms with Gasteiger partial charge in [0.1, 0.15) is 11.6 Å². The highest BCUT2D eigenvalue weighted by Gasteiger charge is 2.49. The molecule has 0 spiro atoms. The van der Waals surface area contributed by atoms with E-state index in [1.165, 1.54) is 12.1 Å². The van der Waals surface area contributed by atoms with Crippen LogP contribution >= 0.6 is 11.6 Å². The van der Waals surface area contributed by atoms with E-state index in [1.54, 1.807) is 24.3 Å². The Morgan fingerprint density at radius 3 is 2.67 bits per heavy atom. The summed E-state index contributed by atoms with van der Waals surface area (Å²) in [6.45, 7) is 0. The second kappa shape index (κ2) is 6.02. The molecule has 3 aromatic rings. The van der Waals surface area contributed by atoms with Gasteiger partial charge in [0.15, 0.2) is 0 Å². The van der Waals surface area contributed by atoms with Crippen molar-refractivity contribution in [1.29, 1.82) is 0 Å². The third-order valence-corrected chi connectivity index (χ3v) is 4.32. The Hall–Kier alpha value is -3.00. The average Bonchev–Trinajstić information content (AvgIpc) is 3.02. The Kier molecular flexibility index (Phi) is 3.88. The summed E-state index contributed by atoms with van der Waals surface area (Å²) >= 11 is 6.09. The molecule has 1 aromatic heterocycles. The fourth-order valence-electron chi connectivity index (χ4n) is 2.95. The fourth-order valence-corrected chi connectivity index (χ4v) is 3.18. The van der Waals surface area contributed by atoms with Gasteiger partial charge in [-0.3, -0.25) is 0 Å². The summed E-state index contributed by atoms with van der Waals surface area (Å²) < 4.78 is 45.2. The Morgan fingerprint density at radius 1 is 1.26 bits per heavy atom. The third-order valence-electron chi connectivity index (χ3n) is 4.10. The number of nitrogens with zero attached hydrogens (tertiary/aromatic N) is 1. The molecule has 1 unspecified atom stereocenters. The molecule has 0 bridgehead atoms. The molecule has 0 radical (unpaired) electrons. The largest absolute Gasteiger partial charge is 0.478 e. The molecule has 0 fully saturated rings. The Balaban J connectivity index is 1.93. The average molecular weight is 395 g/mol. The van der Waals surface area contributed by atoms with Crippen molar-refractivity contribution in [3.05, 3.63) is 52.6 Å². The van der Waals surface area contributed by atoms with Crippen molar-refractivity contribution in [1.82, 2.24) is 9.97 Å². The van der Waals surface area contributed by atoms with Crippen LogP contribution in [0.3, 0.4) is 0 Å². The molecule has 27 heavy (non-hydrogen) atoms. The van der Waals surface area contributed by atoms with E-state index in [9.17, 15) is 18.0 Å². The van der Waals surface area contributed by atoms with Crippen LogP contribution in [-0.4, -0.2) is 33.3 Å². The third kappa shape index (κ3) is 3.02. The second-order valence-corrected chi connectivity index (χ2v) is 6.36. The first kappa shape index (κ1) is 17.4. The van der Waals surface area contributed by atoms with Crippen LogP contribution in [0, 0.1) is 0 Å². The van der Waals surface area contributed by atoms with Crippen molar-refractivity contribution in [3.63, 3.8) is 0 Å². The predicted octanol–water partition coefficient (Wildman–Crippen LogP) is 4.67. The zero-order valence-corrected chi connectivity index (χ0v) is 14.1. The molecule has 0 amide bonds. The molecule has 1 atom stereocenters. The summed E-state index contributed by atoms with van der Waals surface area (Å²) in [6.07, 6.45) is -6.56. The normalized spacial score (nSPS) is 16.6. The zero-order chi connectivity index (χ0) is 19.3. The van der Waals surface area contributed by atoms with E-state index in [0.29, 0.717) is 11.0 Å². The molecule has 2 aromatic carbocycles. The van der Waals surface area contributed by atoms with Crippen molar-refractivity contribution >= 4 is 34.7 Å². The van der Waals surface area contributed by atoms with Gasteiger partial charge in [-0.05, 0) is 30.3 Å². The van der Waals surface area contributed by atoms with Crippen molar-refractivity contribution in [2.24, 2.45) is 0 Å². The number of alkyl halides is 3. The number of nitrogens with one attached hydrogen (secondary N) is 1. The number of aromatic amines is 1. The van der Waals surface area contributed by atoms with Gasteiger partial charge in [0, 0.05) is 10.6 Å². The number of halogens is 4. The topological polar surface area (TPSA) is 75.2 Å². The Labute approximate surface area is 155 Å². The SMILES string of the molecule is O=C(O)C1=Cc2cc(Cl)cc(-c3nc4ccccc4[nH]3)c2OC1C(F)(F)F. The molecule has 2 heterocycles. The molecule has 0 saturated heterocycles. The van der Waals surface area contributed by atoms with Gasteiger partial charge in [0.2, 0.25) is 6.10 Å². The number of carboxylic acid groups (broad SMARTS) is 1. The second-order valence-electron chi connectivity index (χ2n) is 5.92. The van der Waals surface area contributed by atoms with Gasteiger partial charge in [0.05, 0.1) is 22.2 Å². The Morgan fingerprint density at radius 2 is 2.00 bits per heavy atom. The summed E-state index contributed by atoms with van der Waals surface area (Å²) in [5.74, 6) is -1.58. The van der Waals surface area contributed by atoms with E-state index >= 15 is 0 Å². The van der Waals surface area contributed by atoms with Gasteiger partial charge < -0.3 is 14.8 Å². The highest BCUT2D eigenvalue weighted by atomic mass is 35.5. The molecule has 5 nitrogen and oxygen atoms in total. The van der Waals surface area contributed by atoms with Gasteiger partial charge in [0.25, 0.3) is 0 Å². The van der Waals surface area contributed by atoms with Crippen LogP contribution < -0.4 is 4.74 Å². The van der Waals surface area contributed by atoms with E-state index in [0.717, 1.165) is 6.08 Å². The monoisotopic (exact) mass is 394 g/mol. The van der Waals surface area contributed by atoms with Crippen LogP contribution in [0.2, 0.25) is 5.02 Å².